The van der Waals surface area contributed by atoms with Gasteiger partial charge in [-0.15, -0.1) is 0 Å². The van der Waals surface area contributed by atoms with Crippen molar-refractivity contribution in [3.63, 3.8) is 0 Å². The second-order valence-corrected chi connectivity index (χ2v) is 7.15. The van der Waals surface area contributed by atoms with Crippen molar-refractivity contribution in [3.05, 3.63) is 77.5 Å². The summed E-state index contributed by atoms with van der Waals surface area (Å²) in [6.07, 6.45) is -3.80. The van der Waals surface area contributed by atoms with Crippen LogP contribution in [0.15, 0.2) is 60.8 Å². The molecule has 1 heterocycles. The number of nitrogens with zero attached hydrogens (tertiary/aromatic N) is 3. The predicted molar refractivity (Wildman–Crippen MR) is 111 cm³/mol. The zero-order valence-electron chi connectivity index (χ0n) is 17.1. The van der Waals surface area contributed by atoms with Crippen molar-refractivity contribution in [3.8, 4) is 6.01 Å². The summed E-state index contributed by atoms with van der Waals surface area (Å²) in [4.78, 5) is 9.44. The minimum absolute atomic E-state index is 0.0981. The molecule has 158 valence electrons. The highest BCUT2D eigenvalue weighted by atomic mass is 19.4. The van der Waals surface area contributed by atoms with Crippen LogP contribution >= 0.6 is 0 Å². The number of hydrogen-bond donors (Lipinski definition) is 0. The molecule has 0 saturated carbocycles. The van der Waals surface area contributed by atoms with Gasteiger partial charge in [-0.3, -0.25) is 0 Å². The monoisotopic (exact) mass is 415 g/mol. The number of hydrogen-bond acceptors (Lipinski definition) is 4. The molecule has 0 radical (unpaired) electrons. The average molecular weight is 415 g/mol. The Morgan fingerprint density at radius 2 is 1.67 bits per heavy atom. The zero-order valence-corrected chi connectivity index (χ0v) is 17.1. The second-order valence-electron chi connectivity index (χ2n) is 7.15. The fourth-order valence-electron chi connectivity index (χ4n) is 3.05. The fraction of sp³-hybridized carbons (Fsp3) is 0.304. The third-order valence-electron chi connectivity index (χ3n) is 4.71. The highest BCUT2D eigenvalue weighted by Crippen LogP contribution is 2.38. The number of alkyl halides is 3. The first-order valence-corrected chi connectivity index (χ1v) is 9.78. The SMILES string of the molecule is CCN(c1ccc(C(C)C)cc1)c1nc(OCc2ccccc2)ncc1C(F)(F)F. The van der Waals surface area contributed by atoms with Gasteiger partial charge >= 0.3 is 12.2 Å². The van der Waals surface area contributed by atoms with Gasteiger partial charge in [0.05, 0.1) is 0 Å². The van der Waals surface area contributed by atoms with Gasteiger partial charge in [0, 0.05) is 18.4 Å². The minimum Gasteiger partial charge on any atom is -0.459 e. The Morgan fingerprint density at radius 3 is 2.23 bits per heavy atom. The van der Waals surface area contributed by atoms with Gasteiger partial charge < -0.3 is 9.64 Å². The molecule has 0 aliphatic heterocycles. The van der Waals surface area contributed by atoms with Crippen LogP contribution in [0.1, 0.15) is 43.4 Å². The lowest BCUT2D eigenvalue weighted by Gasteiger charge is -2.25. The quantitative estimate of drug-likeness (QED) is 0.450. The molecule has 0 spiro atoms. The third-order valence-corrected chi connectivity index (χ3v) is 4.71. The summed E-state index contributed by atoms with van der Waals surface area (Å²) in [5, 5.41) is 0. The Bertz CT molecular complexity index is 958. The van der Waals surface area contributed by atoms with E-state index in [4.69, 9.17) is 4.74 Å². The predicted octanol–water partition coefficient (Wildman–Crippen LogP) is 6.36. The Morgan fingerprint density at radius 1 is 1.00 bits per heavy atom. The molecule has 30 heavy (non-hydrogen) atoms. The van der Waals surface area contributed by atoms with Gasteiger partial charge in [-0.25, -0.2) is 4.98 Å². The average Bonchev–Trinajstić information content (AvgIpc) is 2.73. The van der Waals surface area contributed by atoms with Crippen LogP contribution in [0, 0.1) is 0 Å². The number of halogens is 3. The van der Waals surface area contributed by atoms with Crippen LogP contribution in [0.4, 0.5) is 24.7 Å². The Labute approximate surface area is 174 Å². The van der Waals surface area contributed by atoms with E-state index in [1.54, 1.807) is 6.92 Å². The van der Waals surface area contributed by atoms with Gasteiger partial charge in [0.25, 0.3) is 0 Å². The van der Waals surface area contributed by atoms with Gasteiger partial charge in [0.15, 0.2) is 5.82 Å². The van der Waals surface area contributed by atoms with E-state index >= 15 is 0 Å². The first-order chi connectivity index (χ1) is 14.3. The first kappa shape index (κ1) is 21.6. The molecule has 0 amide bonds. The molecule has 7 heteroatoms. The van der Waals surface area contributed by atoms with Crippen molar-refractivity contribution in [2.45, 2.75) is 39.5 Å². The molecule has 0 saturated heterocycles. The molecule has 3 rings (SSSR count). The molecule has 0 aliphatic rings. The van der Waals surface area contributed by atoms with Crippen molar-refractivity contribution in [2.24, 2.45) is 0 Å². The number of anilines is 2. The minimum atomic E-state index is -4.58. The van der Waals surface area contributed by atoms with Crippen LogP contribution in [-0.2, 0) is 12.8 Å². The second kappa shape index (κ2) is 9.15. The van der Waals surface area contributed by atoms with E-state index < -0.39 is 11.7 Å². The van der Waals surface area contributed by atoms with E-state index in [0.717, 1.165) is 17.3 Å². The molecule has 2 aromatic carbocycles. The van der Waals surface area contributed by atoms with E-state index in [-0.39, 0.29) is 18.4 Å². The van der Waals surface area contributed by atoms with Crippen LogP contribution in [-0.4, -0.2) is 16.5 Å². The fourth-order valence-corrected chi connectivity index (χ4v) is 3.05. The molecule has 4 nitrogen and oxygen atoms in total. The molecule has 0 N–H and O–H groups in total. The number of ether oxygens (including phenoxy) is 1. The number of aromatic nitrogens is 2. The highest BCUT2D eigenvalue weighted by Gasteiger charge is 2.37. The lowest BCUT2D eigenvalue weighted by molar-refractivity contribution is -0.137. The van der Waals surface area contributed by atoms with E-state index in [1.165, 1.54) is 4.90 Å². The molecule has 1 aromatic heterocycles. The molecule has 0 aliphatic carbocycles. The van der Waals surface area contributed by atoms with Crippen LogP contribution in [0.5, 0.6) is 6.01 Å². The van der Waals surface area contributed by atoms with Crippen LogP contribution in [0.25, 0.3) is 0 Å². The molecule has 0 fully saturated rings. The first-order valence-electron chi connectivity index (χ1n) is 9.78. The van der Waals surface area contributed by atoms with E-state index in [9.17, 15) is 13.2 Å². The number of benzene rings is 2. The van der Waals surface area contributed by atoms with Crippen LogP contribution in [0.3, 0.4) is 0 Å². The summed E-state index contributed by atoms with van der Waals surface area (Å²) in [6, 6.07) is 16.7. The van der Waals surface area contributed by atoms with Crippen LogP contribution in [0.2, 0.25) is 0 Å². The summed E-state index contributed by atoms with van der Waals surface area (Å²) >= 11 is 0. The van der Waals surface area contributed by atoms with Gasteiger partial charge in [-0.2, -0.15) is 18.2 Å². The maximum atomic E-state index is 13.7. The highest BCUT2D eigenvalue weighted by molar-refractivity contribution is 5.63. The summed E-state index contributed by atoms with van der Waals surface area (Å²) < 4.78 is 46.6. The lowest BCUT2D eigenvalue weighted by Crippen LogP contribution is -2.23. The molecule has 0 unspecified atom stereocenters. The van der Waals surface area contributed by atoms with E-state index in [2.05, 4.69) is 23.8 Å². The Hall–Kier alpha value is -3.09. The third kappa shape index (κ3) is 5.09. The largest absolute Gasteiger partial charge is 0.459 e. The van der Waals surface area contributed by atoms with Gasteiger partial charge in [-0.05, 0) is 36.1 Å². The van der Waals surface area contributed by atoms with Crippen molar-refractivity contribution < 1.29 is 17.9 Å². The summed E-state index contributed by atoms with van der Waals surface area (Å²) in [5.41, 5.74) is 1.71. The van der Waals surface area contributed by atoms with Crippen molar-refractivity contribution in [2.75, 3.05) is 11.4 Å². The molecular weight excluding hydrogens is 391 g/mol. The van der Waals surface area contributed by atoms with E-state index in [1.807, 2.05) is 54.6 Å². The molecule has 0 bridgehead atoms. The molecule has 3 aromatic rings. The standard InChI is InChI=1S/C23H24F3N3O/c1-4-29(19-12-10-18(11-13-19)16(2)3)21-20(23(24,25)26)14-27-22(28-21)30-15-17-8-6-5-7-9-17/h5-14,16H,4,15H2,1-3H3. The smallest absolute Gasteiger partial charge is 0.421 e. The topological polar surface area (TPSA) is 38.2 Å². The van der Waals surface area contributed by atoms with Crippen molar-refractivity contribution in [1.82, 2.24) is 9.97 Å². The normalized spacial score (nSPS) is 11.6. The molecule has 0 atom stereocenters. The van der Waals surface area contributed by atoms with E-state index in [0.29, 0.717) is 18.2 Å². The summed E-state index contributed by atoms with van der Waals surface area (Å²) in [5.74, 6) is 0.109. The van der Waals surface area contributed by atoms with Gasteiger partial charge in [0.1, 0.15) is 12.2 Å². The number of rotatable bonds is 7. The lowest BCUT2D eigenvalue weighted by atomic mass is 10.0. The van der Waals surface area contributed by atoms with Crippen molar-refractivity contribution >= 4 is 11.5 Å². The van der Waals surface area contributed by atoms with Gasteiger partial charge in [0.2, 0.25) is 0 Å². The molecular formula is C23H24F3N3O. The zero-order chi connectivity index (χ0) is 21.7. The summed E-state index contributed by atoms with van der Waals surface area (Å²) in [7, 11) is 0. The maximum Gasteiger partial charge on any atom is 0.421 e. The Kier molecular flexibility index (Phi) is 6.59. The van der Waals surface area contributed by atoms with Crippen LogP contribution < -0.4 is 9.64 Å². The summed E-state index contributed by atoms with van der Waals surface area (Å²) in [6.45, 7) is 6.38. The van der Waals surface area contributed by atoms with Crippen molar-refractivity contribution in [1.29, 1.82) is 0 Å². The maximum absolute atomic E-state index is 13.7. The van der Waals surface area contributed by atoms with Gasteiger partial charge in [-0.1, -0.05) is 56.3 Å². The Balaban J connectivity index is 1.96.